The molecule has 1 amide bonds. The summed E-state index contributed by atoms with van der Waals surface area (Å²) in [5.74, 6) is -2.02. The highest BCUT2D eigenvalue weighted by Gasteiger charge is 2.14. The highest BCUT2D eigenvalue weighted by Crippen LogP contribution is 2.31. The van der Waals surface area contributed by atoms with E-state index < -0.39 is 5.76 Å². The lowest BCUT2D eigenvalue weighted by Crippen LogP contribution is -2.13. The van der Waals surface area contributed by atoms with E-state index in [4.69, 9.17) is 4.52 Å². The number of aromatic nitrogens is 2. The predicted octanol–water partition coefficient (Wildman–Crippen LogP) is 4.68. The Balaban J connectivity index is 1.57. The molecule has 5 nitrogen and oxygen atoms in total. The van der Waals surface area contributed by atoms with Crippen LogP contribution in [0.4, 0.5) is 14.5 Å². The van der Waals surface area contributed by atoms with Gasteiger partial charge >= 0.3 is 0 Å². The summed E-state index contributed by atoms with van der Waals surface area (Å²) in [4.78, 5) is 16.6. The van der Waals surface area contributed by atoms with E-state index in [1.54, 1.807) is 18.2 Å². The van der Waals surface area contributed by atoms with Gasteiger partial charge in [-0.3, -0.25) is 4.79 Å². The first kappa shape index (κ1) is 17.6. The first-order chi connectivity index (χ1) is 12.1. The van der Waals surface area contributed by atoms with Crippen molar-refractivity contribution in [2.45, 2.75) is 23.5 Å². The van der Waals surface area contributed by atoms with Crippen LogP contribution in [0.25, 0.3) is 11.4 Å². The first-order valence-electron chi connectivity index (χ1n) is 7.30. The summed E-state index contributed by atoms with van der Waals surface area (Å²) in [6.45, 7) is 0. The van der Waals surface area contributed by atoms with E-state index in [1.807, 2.05) is 16.8 Å². The Morgan fingerprint density at radius 1 is 1.32 bits per heavy atom. The fraction of sp³-hybridized carbons (Fsp3) is 0.188. The van der Waals surface area contributed by atoms with Crippen LogP contribution in [0.5, 0.6) is 0 Å². The van der Waals surface area contributed by atoms with Gasteiger partial charge in [-0.25, -0.2) is 0 Å². The molecule has 0 fully saturated rings. The van der Waals surface area contributed by atoms with E-state index in [2.05, 4.69) is 15.5 Å². The number of para-hydroxylation sites is 1. The molecular weight excluding hydrogens is 368 g/mol. The molecule has 2 aromatic heterocycles. The van der Waals surface area contributed by atoms with Gasteiger partial charge < -0.3 is 9.84 Å². The number of rotatable bonds is 7. The summed E-state index contributed by atoms with van der Waals surface area (Å²) >= 11 is 1.92. The predicted molar refractivity (Wildman–Crippen MR) is 92.9 cm³/mol. The molecule has 1 N–H and O–H groups in total. The molecule has 0 aliphatic rings. The molecule has 0 saturated heterocycles. The lowest BCUT2D eigenvalue weighted by molar-refractivity contribution is -0.116. The highest BCUT2D eigenvalue weighted by molar-refractivity contribution is 7.99. The van der Waals surface area contributed by atoms with E-state index in [-0.39, 0.29) is 18.7 Å². The maximum atomic E-state index is 12.5. The minimum absolute atomic E-state index is 0.110. The van der Waals surface area contributed by atoms with E-state index in [1.165, 1.54) is 17.4 Å². The molecule has 3 rings (SSSR count). The van der Waals surface area contributed by atoms with Gasteiger partial charge in [0.05, 0.1) is 5.69 Å². The number of hydrogen-bond donors (Lipinski definition) is 1. The molecule has 0 atom stereocenters. The summed E-state index contributed by atoms with van der Waals surface area (Å²) in [6, 6.07) is 8.33. The van der Waals surface area contributed by atoms with Gasteiger partial charge in [-0.2, -0.15) is 25.1 Å². The minimum Gasteiger partial charge on any atom is -0.339 e. The van der Waals surface area contributed by atoms with E-state index in [0.717, 1.165) is 5.56 Å². The van der Waals surface area contributed by atoms with Crippen molar-refractivity contribution in [3.05, 3.63) is 47.0 Å². The Hall–Kier alpha value is -2.26. The normalized spacial score (nSPS) is 11.0. The largest absolute Gasteiger partial charge is 0.339 e. The van der Waals surface area contributed by atoms with Crippen LogP contribution in [0.1, 0.15) is 12.3 Å². The van der Waals surface area contributed by atoms with Gasteiger partial charge in [0.25, 0.3) is 5.76 Å². The quantitative estimate of drug-likeness (QED) is 0.602. The second-order valence-corrected chi connectivity index (χ2v) is 6.76. The number of alkyl halides is 2. The van der Waals surface area contributed by atoms with Crippen LogP contribution in [-0.2, 0) is 11.2 Å². The smallest absolute Gasteiger partial charge is 0.288 e. The summed E-state index contributed by atoms with van der Waals surface area (Å²) in [7, 11) is 0. The third-order valence-electron chi connectivity index (χ3n) is 3.19. The molecule has 3 aromatic rings. The van der Waals surface area contributed by atoms with Crippen LogP contribution in [0.2, 0.25) is 0 Å². The highest BCUT2D eigenvalue weighted by atomic mass is 32.2. The Labute approximate surface area is 150 Å². The van der Waals surface area contributed by atoms with Crippen LogP contribution in [0, 0.1) is 0 Å². The number of nitrogens with zero attached hydrogens (tertiary/aromatic N) is 2. The average molecular weight is 381 g/mol. The Morgan fingerprint density at radius 2 is 2.16 bits per heavy atom. The number of amides is 1. The molecule has 9 heteroatoms. The number of benzene rings is 1. The SMILES string of the molecule is O=C(CCc1nc(-c2ccsc2)no1)Nc1ccccc1SC(F)F. The zero-order valence-corrected chi connectivity index (χ0v) is 14.4. The van der Waals surface area contributed by atoms with Gasteiger partial charge in [0, 0.05) is 28.7 Å². The summed E-state index contributed by atoms with van der Waals surface area (Å²) < 4.78 is 30.2. The topological polar surface area (TPSA) is 68.0 Å². The summed E-state index contributed by atoms with van der Waals surface area (Å²) in [6.07, 6.45) is 0.381. The fourth-order valence-electron chi connectivity index (χ4n) is 2.07. The summed E-state index contributed by atoms with van der Waals surface area (Å²) in [5, 5.41) is 10.3. The molecule has 0 aliphatic heterocycles. The van der Waals surface area contributed by atoms with E-state index in [0.29, 0.717) is 34.1 Å². The molecular formula is C16H13F2N3O2S2. The molecule has 1 aromatic carbocycles. The third-order valence-corrected chi connectivity index (χ3v) is 4.66. The Kier molecular flexibility index (Phi) is 5.77. The standard InChI is InChI=1S/C16H13F2N3O2S2/c17-16(18)25-12-4-2-1-3-11(12)19-13(22)5-6-14-20-15(21-23-14)10-7-8-24-9-10/h1-4,7-9,16H,5-6H2,(H,19,22). The molecule has 130 valence electrons. The lowest BCUT2D eigenvalue weighted by atomic mass is 10.2. The van der Waals surface area contributed by atoms with Gasteiger partial charge in [-0.15, -0.1) is 0 Å². The van der Waals surface area contributed by atoms with Gasteiger partial charge in [0.2, 0.25) is 17.6 Å². The van der Waals surface area contributed by atoms with Crippen molar-refractivity contribution >= 4 is 34.7 Å². The van der Waals surface area contributed by atoms with Gasteiger partial charge in [-0.1, -0.05) is 29.1 Å². The Bertz CT molecular complexity index is 838. The maximum absolute atomic E-state index is 12.5. The molecule has 2 heterocycles. The minimum atomic E-state index is -2.55. The monoisotopic (exact) mass is 381 g/mol. The van der Waals surface area contributed by atoms with E-state index in [9.17, 15) is 13.6 Å². The molecule has 25 heavy (non-hydrogen) atoms. The van der Waals surface area contributed by atoms with Crippen LogP contribution >= 0.6 is 23.1 Å². The molecule has 0 bridgehead atoms. The fourth-order valence-corrected chi connectivity index (χ4v) is 3.30. The number of carbonyl (C=O) groups is 1. The number of aryl methyl sites for hydroxylation is 1. The average Bonchev–Trinajstić information content (AvgIpc) is 3.25. The van der Waals surface area contributed by atoms with Crippen LogP contribution in [0.3, 0.4) is 0 Å². The van der Waals surface area contributed by atoms with Gasteiger partial charge in [0.1, 0.15) is 0 Å². The van der Waals surface area contributed by atoms with Gasteiger partial charge in [0.15, 0.2) is 0 Å². The van der Waals surface area contributed by atoms with Gasteiger partial charge in [-0.05, 0) is 23.6 Å². The maximum Gasteiger partial charge on any atom is 0.288 e. The van der Waals surface area contributed by atoms with Crippen molar-refractivity contribution in [1.82, 2.24) is 10.1 Å². The molecule has 0 aliphatic carbocycles. The number of halogens is 2. The summed E-state index contributed by atoms with van der Waals surface area (Å²) in [5.41, 5.74) is 1.23. The third kappa shape index (κ3) is 4.86. The zero-order chi connectivity index (χ0) is 17.6. The molecule has 0 unspecified atom stereocenters. The first-order valence-corrected chi connectivity index (χ1v) is 9.13. The molecule has 0 spiro atoms. The number of carbonyl (C=O) groups excluding carboxylic acids is 1. The molecule has 0 radical (unpaired) electrons. The molecule has 0 saturated carbocycles. The van der Waals surface area contributed by atoms with Crippen molar-refractivity contribution in [1.29, 1.82) is 0 Å². The number of nitrogens with one attached hydrogen (secondary N) is 1. The van der Waals surface area contributed by atoms with Crippen LogP contribution < -0.4 is 5.32 Å². The Morgan fingerprint density at radius 3 is 2.92 bits per heavy atom. The lowest BCUT2D eigenvalue weighted by Gasteiger charge is -2.09. The van der Waals surface area contributed by atoms with Crippen molar-refractivity contribution in [3.8, 4) is 11.4 Å². The number of anilines is 1. The van der Waals surface area contributed by atoms with Crippen molar-refractivity contribution in [2.75, 3.05) is 5.32 Å². The van der Waals surface area contributed by atoms with Crippen molar-refractivity contribution in [3.63, 3.8) is 0 Å². The second kappa shape index (κ2) is 8.21. The van der Waals surface area contributed by atoms with Crippen molar-refractivity contribution < 1.29 is 18.1 Å². The van der Waals surface area contributed by atoms with Crippen LogP contribution in [-0.4, -0.2) is 21.8 Å². The van der Waals surface area contributed by atoms with Crippen LogP contribution in [0.15, 0.2) is 50.5 Å². The van der Waals surface area contributed by atoms with E-state index >= 15 is 0 Å². The zero-order valence-electron chi connectivity index (χ0n) is 12.8. The number of hydrogen-bond acceptors (Lipinski definition) is 6. The second-order valence-electron chi connectivity index (χ2n) is 4.95. The number of thiophene rings is 1. The van der Waals surface area contributed by atoms with Crippen molar-refractivity contribution in [2.24, 2.45) is 0 Å². The number of thioether (sulfide) groups is 1.